The average Bonchev–Trinajstić information content (AvgIpc) is 2.91. The number of amides is 1. The van der Waals surface area contributed by atoms with E-state index in [4.69, 9.17) is 23.2 Å². The molecule has 0 spiro atoms. The van der Waals surface area contributed by atoms with Gasteiger partial charge in [0.05, 0.1) is 0 Å². The van der Waals surface area contributed by atoms with E-state index in [1.54, 1.807) is 12.1 Å². The quantitative estimate of drug-likeness (QED) is 0.839. The number of aryl methyl sites for hydroxylation is 1. The van der Waals surface area contributed by atoms with E-state index in [9.17, 15) is 9.90 Å². The first-order valence-corrected chi connectivity index (χ1v) is 8.17. The molecule has 2 rings (SSSR count). The van der Waals surface area contributed by atoms with Crippen molar-refractivity contribution in [2.75, 3.05) is 13.2 Å². The average molecular weight is 330 g/mol. The second-order valence-electron chi connectivity index (χ2n) is 5.67. The number of hydrogen-bond donors (Lipinski definition) is 2. The lowest BCUT2D eigenvalue weighted by molar-refractivity contribution is -0.121. The molecule has 0 radical (unpaired) electrons. The summed E-state index contributed by atoms with van der Waals surface area (Å²) in [6.07, 6.45) is 4.33. The lowest BCUT2D eigenvalue weighted by Crippen LogP contribution is -2.31. The molecule has 1 aliphatic rings. The number of hydrogen-bond acceptors (Lipinski definition) is 2. The Morgan fingerprint density at radius 3 is 2.76 bits per heavy atom. The van der Waals surface area contributed by atoms with E-state index in [-0.39, 0.29) is 12.5 Å². The van der Waals surface area contributed by atoms with Crippen LogP contribution in [0.15, 0.2) is 18.2 Å². The van der Waals surface area contributed by atoms with Gasteiger partial charge >= 0.3 is 0 Å². The molecule has 2 atom stereocenters. The first-order chi connectivity index (χ1) is 10.1. The molecular formula is C16H21Cl2NO2. The van der Waals surface area contributed by atoms with Crippen molar-refractivity contribution >= 4 is 29.1 Å². The topological polar surface area (TPSA) is 49.3 Å². The zero-order chi connectivity index (χ0) is 15.2. The van der Waals surface area contributed by atoms with Gasteiger partial charge in [0, 0.05) is 29.6 Å². The second-order valence-corrected chi connectivity index (χ2v) is 6.52. The van der Waals surface area contributed by atoms with Gasteiger partial charge < -0.3 is 10.4 Å². The van der Waals surface area contributed by atoms with Crippen molar-refractivity contribution in [1.82, 2.24) is 5.32 Å². The molecule has 2 unspecified atom stereocenters. The lowest BCUT2D eigenvalue weighted by atomic mass is 9.97. The number of carbonyl (C=O) groups is 1. The molecule has 3 nitrogen and oxygen atoms in total. The van der Waals surface area contributed by atoms with E-state index in [1.807, 2.05) is 6.07 Å². The second kappa shape index (κ2) is 8.02. The summed E-state index contributed by atoms with van der Waals surface area (Å²) in [5, 5.41) is 13.4. The number of nitrogens with one attached hydrogen (secondary N) is 1. The summed E-state index contributed by atoms with van der Waals surface area (Å²) >= 11 is 11.9. The van der Waals surface area contributed by atoms with Crippen LogP contribution in [-0.4, -0.2) is 24.2 Å². The molecule has 0 aromatic heterocycles. The summed E-state index contributed by atoms with van der Waals surface area (Å²) in [5.74, 6) is 0.790. The van der Waals surface area contributed by atoms with Crippen molar-refractivity contribution < 1.29 is 9.90 Å². The third kappa shape index (κ3) is 4.87. The van der Waals surface area contributed by atoms with Crippen LogP contribution in [0.25, 0.3) is 0 Å². The van der Waals surface area contributed by atoms with Crippen LogP contribution in [-0.2, 0) is 11.2 Å². The molecule has 0 bridgehead atoms. The molecule has 21 heavy (non-hydrogen) atoms. The molecule has 1 aromatic rings. The predicted molar refractivity (Wildman–Crippen MR) is 85.7 cm³/mol. The van der Waals surface area contributed by atoms with E-state index in [1.165, 1.54) is 0 Å². The van der Waals surface area contributed by atoms with Gasteiger partial charge in [-0.05, 0) is 48.8 Å². The molecule has 116 valence electrons. The van der Waals surface area contributed by atoms with Crippen LogP contribution in [0.2, 0.25) is 10.0 Å². The summed E-state index contributed by atoms with van der Waals surface area (Å²) in [6.45, 7) is 0.888. The summed E-state index contributed by atoms with van der Waals surface area (Å²) < 4.78 is 0. The van der Waals surface area contributed by atoms with Gasteiger partial charge in [-0.15, -0.1) is 0 Å². The highest BCUT2D eigenvalue weighted by atomic mass is 35.5. The number of aliphatic hydroxyl groups is 1. The Labute approximate surface area is 135 Å². The third-order valence-corrected chi connectivity index (χ3v) is 4.84. The minimum Gasteiger partial charge on any atom is -0.396 e. The van der Waals surface area contributed by atoms with E-state index in [2.05, 4.69) is 5.32 Å². The number of rotatable bonds is 6. The predicted octanol–water partition coefficient (Wildman–Crippen LogP) is 3.45. The van der Waals surface area contributed by atoms with E-state index in [0.717, 1.165) is 24.8 Å². The molecule has 2 N–H and O–H groups in total. The van der Waals surface area contributed by atoms with Crippen molar-refractivity contribution in [3.05, 3.63) is 33.8 Å². The van der Waals surface area contributed by atoms with Gasteiger partial charge in [0.1, 0.15) is 0 Å². The van der Waals surface area contributed by atoms with E-state index < -0.39 is 0 Å². The van der Waals surface area contributed by atoms with Gasteiger partial charge in [0.2, 0.25) is 5.91 Å². The molecule has 5 heteroatoms. The fourth-order valence-corrected chi connectivity index (χ4v) is 3.43. The highest BCUT2D eigenvalue weighted by molar-refractivity contribution is 6.35. The van der Waals surface area contributed by atoms with Crippen LogP contribution >= 0.6 is 23.2 Å². The Hall–Kier alpha value is -0.770. The number of aliphatic hydroxyl groups excluding tert-OH is 1. The maximum Gasteiger partial charge on any atom is 0.220 e. The summed E-state index contributed by atoms with van der Waals surface area (Å²) in [6, 6.07) is 5.34. The van der Waals surface area contributed by atoms with Gasteiger partial charge in [0.25, 0.3) is 0 Å². The zero-order valence-electron chi connectivity index (χ0n) is 11.9. The minimum absolute atomic E-state index is 0.0320. The third-order valence-electron chi connectivity index (χ3n) is 4.25. The summed E-state index contributed by atoms with van der Waals surface area (Å²) in [4.78, 5) is 11.9. The summed E-state index contributed by atoms with van der Waals surface area (Å²) in [5.41, 5.74) is 0.935. The Kier molecular flexibility index (Phi) is 6.34. The van der Waals surface area contributed by atoms with E-state index in [0.29, 0.717) is 41.3 Å². The lowest BCUT2D eigenvalue weighted by Gasteiger charge is -2.17. The minimum atomic E-state index is 0.0320. The van der Waals surface area contributed by atoms with Gasteiger partial charge in [-0.3, -0.25) is 4.79 Å². The molecule has 1 aliphatic carbocycles. The van der Waals surface area contributed by atoms with Crippen LogP contribution in [0.3, 0.4) is 0 Å². The van der Waals surface area contributed by atoms with Gasteiger partial charge in [-0.1, -0.05) is 35.7 Å². The van der Waals surface area contributed by atoms with Crippen molar-refractivity contribution in [2.45, 2.75) is 32.1 Å². The molecular weight excluding hydrogens is 309 g/mol. The molecule has 0 aliphatic heterocycles. The maximum atomic E-state index is 11.9. The van der Waals surface area contributed by atoms with Crippen molar-refractivity contribution in [2.24, 2.45) is 11.8 Å². The van der Waals surface area contributed by atoms with Crippen LogP contribution in [0.5, 0.6) is 0 Å². The molecule has 0 saturated heterocycles. The largest absolute Gasteiger partial charge is 0.396 e. The molecule has 1 fully saturated rings. The Morgan fingerprint density at radius 2 is 2.05 bits per heavy atom. The standard InChI is InChI=1S/C16H21Cl2NO2/c17-14-6-4-11(15(18)8-14)5-7-16(21)19-9-12-2-1-3-13(12)10-20/h4,6,8,12-13,20H,1-3,5,7,9-10H2,(H,19,21). The van der Waals surface area contributed by atoms with Gasteiger partial charge in [-0.2, -0.15) is 0 Å². The Morgan fingerprint density at radius 1 is 1.29 bits per heavy atom. The molecule has 1 aromatic carbocycles. The zero-order valence-corrected chi connectivity index (χ0v) is 13.5. The fraction of sp³-hybridized carbons (Fsp3) is 0.562. The molecule has 0 heterocycles. The SMILES string of the molecule is O=C(CCc1ccc(Cl)cc1Cl)NCC1CCCC1CO. The monoisotopic (exact) mass is 329 g/mol. The first kappa shape index (κ1) is 16.6. The Bertz CT molecular complexity index is 493. The fourth-order valence-electron chi connectivity index (χ4n) is 2.93. The van der Waals surface area contributed by atoms with Crippen molar-refractivity contribution in [3.8, 4) is 0 Å². The maximum absolute atomic E-state index is 11.9. The van der Waals surface area contributed by atoms with Crippen LogP contribution in [0.4, 0.5) is 0 Å². The summed E-state index contributed by atoms with van der Waals surface area (Å²) in [7, 11) is 0. The normalized spacial score (nSPS) is 21.5. The molecule has 1 saturated carbocycles. The van der Waals surface area contributed by atoms with Crippen molar-refractivity contribution in [3.63, 3.8) is 0 Å². The highest BCUT2D eigenvalue weighted by Gasteiger charge is 2.26. The van der Waals surface area contributed by atoms with Crippen LogP contribution < -0.4 is 5.32 Å². The van der Waals surface area contributed by atoms with Crippen LogP contribution in [0.1, 0.15) is 31.2 Å². The van der Waals surface area contributed by atoms with Gasteiger partial charge in [0.15, 0.2) is 0 Å². The van der Waals surface area contributed by atoms with Gasteiger partial charge in [-0.25, -0.2) is 0 Å². The van der Waals surface area contributed by atoms with Crippen LogP contribution in [0, 0.1) is 11.8 Å². The number of benzene rings is 1. The number of carbonyl (C=O) groups excluding carboxylic acids is 1. The Balaban J connectivity index is 1.74. The number of halogens is 2. The first-order valence-electron chi connectivity index (χ1n) is 7.41. The highest BCUT2D eigenvalue weighted by Crippen LogP contribution is 2.30. The smallest absolute Gasteiger partial charge is 0.220 e. The molecule has 1 amide bonds. The van der Waals surface area contributed by atoms with Crippen molar-refractivity contribution in [1.29, 1.82) is 0 Å². The van der Waals surface area contributed by atoms with E-state index >= 15 is 0 Å².